The standard InChI is InChI=1S/C57H45N3.C7H11N/c58-36-15-5-3-1-2-4-8-19-42-20-16-23-44(37-42)45-24-17-25-46(38-45)47-26-18-27-50(39-47)59-55-34-32-48(40-53(55)43-21-9-6-10-22-43)49-33-35-57-54(41-49)52-30-13-14-31-56(52)60(57)51-28-11-7-12-29-51;1-2-3-4-5-6-7-8/h1-18,20-41,59H,19,58H2;2-7H,8H2,1H3/b2-1+,5-3-,8-4+,36-15-;3-2+,5-4-,7-6-. The summed E-state index contributed by atoms with van der Waals surface area (Å²) in [5.41, 5.74) is 26.8. The lowest BCUT2D eigenvalue weighted by atomic mass is 9.96. The van der Waals surface area contributed by atoms with Crippen molar-refractivity contribution in [3.63, 3.8) is 0 Å². The summed E-state index contributed by atoms with van der Waals surface area (Å²) >= 11 is 0. The lowest BCUT2D eigenvalue weighted by Gasteiger charge is -2.16. The monoisotopic (exact) mass is 880 g/mol. The number of benzene rings is 8. The fourth-order valence-electron chi connectivity index (χ4n) is 8.29. The maximum atomic E-state index is 5.38. The Labute approximate surface area is 401 Å². The normalized spacial score (nSPS) is 12.0. The van der Waals surface area contributed by atoms with E-state index in [0.29, 0.717) is 0 Å². The van der Waals surface area contributed by atoms with Crippen molar-refractivity contribution in [2.24, 2.45) is 11.5 Å². The number of nitrogens with one attached hydrogen (secondary N) is 1. The topological polar surface area (TPSA) is 69.0 Å². The van der Waals surface area contributed by atoms with Crippen LogP contribution >= 0.6 is 0 Å². The van der Waals surface area contributed by atoms with E-state index in [4.69, 9.17) is 11.5 Å². The Morgan fingerprint density at radius 2 is 0.956 bits per heavy atom. The highest BCUT2D eigenvalue weighted by molar-refractivity contribution is 6.10. The van der Waals surface area contributed by atoms with Crippen LogP contribution in [-0.2, 0) is 6.42 Å². The third-order valence-electron chi connectivity index (χ3n) is 11.5. The number of nitrogens with zero attached hydrogens (tertiary/aromatic N) is 1. The molecule has 0 saturated carbocycles. The number of nitrogens with two attached hydrogens (primary N) is 2. The van der Waals surface area contributed by atoms with Gasteiger partial charge in [0.05, 0.1) is 11.0 Å². The van der Waals surface area contributed by atoms with Gasteiger partial charge in [-0.05, 0) is 143 Å². The molecule has 0 radical (unpaired) electrons. The zero-order valence-corrected chi connectivity index (χ0v) is 38.4. The maximum absolute atomic E-state index is 5.38. The first-order chi connectivity index (χ1) is 33.6. The van der Waals surface area contributed by atoms with E-state index in [-0.39, 0.29) is 0 Å². The van der Waals surface area contributed by atoms with Gasteiger partial charge in [0, 0.05) is 33.4 Å². The first-order valence-corrected chi connectivity index (χ1v) is 23.0. The number of allylic oxidation sites excluding steroid dienone is 12. The van der Waals surface area contributed by atoms with E-state index in [0.717, 1.165) is 40.2 Å². The minimum atomic E-state index is 0.860. The molecule has 332 valence electrons. The number of anilines is 2. The average molecular weight is 881 g/mol. The molecule has 8 aromatic carbocycles. The molecule has 0 unspecified atom stereocenters. The molecule has 0 aliphatic heterocycles. The number of fused-ring (bicyclic) bond motifs is 3. The highest BCUT2D eigenvalue weighted by Crippen LogP contribution is 2.39. The van der Waals surface area contributed by atoms with Gasteiger partial charge in [-0.25, -0.2) is 0 Å². The first-order valence-electron chi connectivity index (χ1n) is 23.0. The molecule has 0 amide bonds. The fourth-order valence-corrected chi connectivity index (χ4v) is 8.29. The van der Waals surface area contributed by atoms with Crippen molar-refractivity contribution in [3.05, 3.63) is 285 Å². The maximum Gasteiger partial charge on any atom is 0.0541 e. The molecular formula is C64H56N4. The highest BCUT2D eigenvalue weighted by atomic mass is 15.0. The molecular weight excluding hydrogens is 825 g/mol. The van der Waals surface area contributed by atoms with Crippen LogP contribution in [-0.4, -0.2) is 4.57 Å². The molecule has 5 N–H and O–H groups in total. The van der Waals surface area contributed by atoms with E-state index < -0.39 is 0 Å². The molecule has 4 nitrogen and oxygen atoms in total. The summed E-state index contributed by atoms with van der Waals surface area (Å²) in [7, 11) is 0. The van der Waals surface area contributed by atoms with E-state index in [1.54, 1.807) is 12.2 Å². The van der Waals surface area contributed by atoms with Crippen molar-refractivity contribution in [3.8, 4) is 50.2 Å². The lowest BCUT2D eigenvalue weighted by molar-refractivity contribution is 1.18. The summed E-state index contributed by atoms with van der Waals surface area (Å²) in [6.45, 7) is 1.97. The van der Waals surface area contributed by atoms with Crippen LogP contribution in [0.15, 0.2) is 279 Å². The van der Waals surface area contributed by atoms with Crippen LogP contribution < -0.4 is 16.8 Å². The molecule has 1 aromatic heterocycles. The Morgan fingerprint density at radius 3 is 1.69 bits per heavy atom. The van der Waals surface area contributed by atoms with Crippen molar-refractivity contribution < 1.29 is 0 Å². The number of hydrogen-bond acceptors (Lipinski definition) is 3. The van der Waals surface area contributed by atoms with Gasteiger partial charge in [0.25, 0.3) is 0 Å². The van der Waals surface area contributed by atoms with Gasteiger partial charge in [-0.3, -0.25) is 0 Å². The van der Waals surface area contributed by atoms with Gasteiger partial charge in [0.1, 0.15) is 0 Å². The van der Waals surface area contributed by atoms with Crippen LogP contribution in [0.2, 0.25) is 0 Å². The molecule has 0 saturated heterocycles. The van der Waals surface area contributed by atoms with Crippen LogP contribution in [0.4, 0.5) is 11.4 Å². The second-order valence-corrected chi connectivity index (χ2v) is 16.1. The third kappa shape index (κ3) is 11.5. The predicted octanol–water partition coefficient (Wildman–Crippen LogP) is 16.5. The molecule has 4 heteroatoms. The van der Waals surface area contributed by atoms with Crippen molar-refractivity contribution in [2.45, 2.75) is 13.3 Å². The summed E-state index contributed by atoms with van der Waals surface area (Å²) < 4.78 is 2.36. The van der Waals surface area contributed by atoms with Crippen molar-refractivity contribution >= 4 is 33.2 Å². The molecule has 0 fully saturated rings. The van der Waals surface area contributed by atoms with Gasteiger partial charge in [0.2, 0.25) is 0 Å². The van der Waals surface area contributed by atoms with E-state index in [1.807, 2.05) is 55.5 Å². The summed E-state index contributed by atoms with van der Waals surface area (Å²) in [4.78, 5) is 0. The second kappa shape index (κ2) is 23.4. The van der Waals surface area contributed by atoms with E-state index in [9.17, 15) is 0 Å². The van der Waals surface area contributed by atoms with E-state index in [1.165, 1.54) is 67.6 Å². The van der Waals surface area contributed by atoms with Crippen molar-refractivity contribution in [1.82, 2.24) is 4.57 Å². The SMILES string of the molecule is C/C=C/C=C\C=C/N.N\C=C/C=C\C=C\C=C\Cc1cccc(-c2cccc(-c3cccc(Nc4ccc(-c5ccc6c(c5)c5ccccc5n6-c5ccccc5)cc4-c4ccccc4)c3)c2)c1. The van der Waals surface area contributed by atoms with Gasteiger partial charge in [-0.15, -0.1) is 0 Å². The highest BCUT2D eigenvalue weighted by Gasteiger charge is 2.15. The molecule has 1 heterocycles. The quantitative estimate of drug-likeness (QED) is 0.0953. The minimum Gasteiger partial charge on any atom is -0.405 e. The van der Waals surface area contributed by atoms with E-state index in [2.05, 4.69) is 216 Å². The number of rotatable bonds is 14. The molecule has 9 rings (SSSR count). The first kappa shape index (κ1) is 45.7. The predicted molar refractivity (Wildman–Crippen MR) is 294 cm³/mol. The zero-order valence-electron chi connectivity index (χ0n) is 38.4. The summed E-state index contributed by atoms with van der Waals surface area (Å²) in [6.07, 6.45) is 27.3. The van der Waals surface area contributed by atoms with Crippen molar-refractivity contribution in [2.75, 3.05) is 5.32 Å². The van der Waals surface area contributed by atoms with Gasteiger partial charge in [-0.2, -0.15) is 0 Å². The molecule has 68 heavy (non-hydrogen) atoms. The largest absolute Gasteiger partial charge is 0.405 e. The Bertz CT molecular complexity index is 3290. The van der Waals surface area contributed by atoms with Crippen LogP contribution in [0, 0.1) is 0 Å². The summed E-state index contributed by atoms with van der Waals surface area (Å²) in [5.74, 6) is 0. The second-order valence-electron chi connectivity index (χ2n) is 16.1. The number of aromatic nitrogens is 1. The molecule has 0 aliphatic rings. The summed E-state index contributed by atoms with van der Waals surface area (Å²) in [6, 6.07) is 70.0. The molecule has 0 aliphatic carbocycles. The Balaban J connectivity index is 0.000000718. The van der Waals surface area contributed by atoms with Crippen LogP contribution in [0.3, 0.4) is 0 Å². The Kier molecular flexibility index (Phi) is 15.7. The van der Waals surface area contributed by atoms with Gasteiger partial charge < -0.3 is 21.4 Å². The molecule has 0 spiro atoms. The smallest absolute Gasteiger partial charge is 0.0541 e. The zero-order chi connectivity index (χ0) is 46.8. The average Bonchev–Trinajstić information content (AvgIpc) is 3.73. The molecule has 0 bridgehead atoms. The van der Waals surface area contributed by atoms with Crippen LogP contribution in [0.1, 0.15) is 12.5 Å². The van der Waals surface area contributed by atoms with Gasteiger partial charge in [0.15, 0.2) is 0 Å². The number of para-hydroxylation sites is 2. The van der Waals surface area contributed by atoms with Crippen LogP contribution in [0.5, 0.6) is 0 Å². The Hall–Kier alpha value is -8.86. The fraction of sp³-hybridized carbons (Fsp3) is 0.0312. The molecule has 9 aromatic rings. The van der Waals surface area contributed by atoms with Gasteiger partial charge >= 0.3 is 0 Å². The Morgan fingerprint density at radius 1 is 0.412 bits per heavy atom. The number of hydrogen-bond donors (Lipinski definition) is 3. The van der Waals surface area contributed by atoms with Crippen molar-refractivity contribution in [1.29, 1.82) is 0 Å². The van der Waals surface area contributed by atoms with E-state index >= 15 is 0 Å². The lowest BCUT2D eigenvalue weighted by Crippen LogP contribution is -1.95. The summed E-state index contributed by atoms with van der Waals surface area (Å²) in [5, 5.41) is 6.29. The van der Waals surface area contributed by atoms with Crippen LogP contribution in [0.25, 0.3) is 72.0 Å². The molecule has 0 atom stereocenters. The van der Waals surface area contributed by atoms with Gasteiger partial charge in [-0.1, -0.05) is 194 Å². The third-order valence-corrected chi connectivity index (χ3v) is 11.5. The minimum absolute atomic E-state index is 0.860.